The van der Waals surface area contributed by atoms with Crippen molar-refractivity contribution >= 4 is 6.03 Å². The topological polar surface area (TPSA) is 71.2 Å². The molecule has 0 radical (unpaired) electrons. The van der Waals surface area contributed by atoms with Gasteiger partial charge in [0, 0.05) is 38.6 Å². The third kappa shape index (κ3) is 4.97. The van der Waals surface area contributed by atoms with E-state index in [0.29, 0.717) is 0 Å². The normalized spacial score (nSPS) is 15.1. The SMILES string of the molecule is NC(=O)N1CCNCC1.c1ccncc1. The highest BCUT2D eigenvalue weighted by Crippen LogP contribution is 1.89. The molecular formula is C10H16N4O. The molecule has 15 heavy (non-hydrogen) atoms. The second kappa shape index (κ2) is 6.78. The van der Waals surface area contributed by atoms with Gasteiger partial charge in [-0.05, 0) is 12.1 Å². The number of pyridine rings is 1. The number of nitrogens with two attached hydrogens (primary N) is 1. The molecule has 82 valence electrons. The molecule has 1 saturated heterocycles. The Morgan fingerprint density at radius 2 is 1.80 bits per heavy atom. The highest BCUT2D eigenvalue weighted by Gasteiger charge is 2.11. The van der Waals surface area contributed by atoms with Gasteiger partial charge in [-0.1, -0.05) is 6.07 Å². The van der Waals surface area contributed by atoms with Crippen molar-refractivity contribution in [3.05, 3.63) is 30.6 Å². The van der Waals surface area contributed by atoms with E-state index in [1.54, 1.807) is 17.3 Å². The van der Waals surface area contributed by atoms with Crippen LogP contribution in [0.3, 0.4) is 0 Å². The summed E-state index contributed by atoms with van der Waals surface area (Å²) in [6.45, 7) is 3.22. The molecule has 5 heteroatoms. The quantitative estimate of drug-likeness (QED) is 0.633. The van der Waals surface area contributed by atoms with Crippen molar-refractivity contribution in [2.75, 3.05) is 26.2 Å². The number of hydrogen-bond acceptors (Lipinski definition) is 3. The van der Waals surface area contributed by atoms with E-state index in [0.717, 1.165) is 26.2 Å². The van der Waals surface area contributed by atoms with Gasteiger partial charge in [0.2, 0.25) is 0 Å². The van der Waals surface area contributed by atoms with Crippen molar-refractivity contribution < 1.29 is 4.79 Å². The van der Waals surface area contributed by atoms with E-state index in [-0.39, 0.29) is 6.03 Å². The average Bonchev–Trinajstić information content (AvgIpc) is 2.33. The van der Waals surface area contributed by atoms with Gasteiger partial charge in [0.25, 0.3) is 0 Å². The van der Waals surface area contributed by atoms with Crippen LogP contribution in [0, 0.1) is 0 Å². The summed E-state index contributed by atoms with van der Waals surface area (Å²) >= 11 is 0. The summed E-state index contributed by atoms with van der Waals surface area (Å²) in [5.74, 6) is 0. The van der Waals surface area contributed by atoms with E-state index in [4.69, 9.17) is 5.73 Å². The number of piperazine rings is 1. The molecule has 1 fully saturated rings. The molecule has 0 aromatic carbocycles. The number of hydrogen-bond donors (Lipinski definition) is 2. The zero-order valence-electron chi connectivity index (χ0n) is 8.60. The van der Waals surface area contributed by atoms with Crippen LogP contribution in [0.15, 0.2) is 30.6 Å². The zero-order valence-corrected chi connectivity index (χ0v) is 8.60. The number of rotatable bonds is 0. The van der Waals surface area contributed by atoms with Crippen molar-refractivity contribution in [1.29, 1.82) is 0 Å². The Bertz CT molecular complexity index is 245. The van der Waals surface area contributed by atoms with Crippen LogP contribution in [0.25, 0.3) is 0 Å². The summed E-state index contributed by atoms with van der Waals surface area (Å²) in [6.07, 6.45) is 3.50. The lowest BCUT2D eigenvalue weighted by molar-refractivity contribution is 0.200. The Morgan fingerprint density at radius 1 is 1.20 bits per heavy atom. The number of nitrogens with zero attached hydrogens (tertiary/aromatic N) is 2. The Morgan fingerprint density at radius 3 is 2.07 bits per heavy atom. The Hall–Kier alpha value is -1.62. The molecule has 0 saturated carbocycles. The maximum absolute atomic E-state index is 10.5. The van der Waals surface area contributed by atoms with Crippen LogP contribution >= 0.6 is 0 Å². The number of carbonyl (C=O) groups excluding carboxylic acids is 1. The molecule has 1 aliphatic heterocycles. The van der Waals surface area contributed by atoms with Gasteiger partial charge in [0.15, 0.2) is 0 Å². The van der Waals surface area contributed by atoms with E-state index < -0.39 is 0 Å². The monoisotopic (exact) mass is 208 g/mol. The molecule has 0 bridgehead atoms. The predicted molar refractivity (Wildman–Crippen MR) is 58.3 cm³/mol. The van der Waals surface area contributed by atoms with Crippen LogP contribution < -0.4 is 11.1 Å². The number of urea groups is 1. The number of aromatic nitrogens is 1. The van der Waals surface area contributed by atoms with Crippen molar-refractivity contribution in [2.24, 2.45) is 5.73 Å². The minimum absolute atomic E-state index is 0.309. The van der Waals surface area contributed by atoms with E-state index in [9.17, 15) is 4.79 Å². The lowest BCUT2D eigenvalue weighted by Crippen LogP contribution is -2.48. The van der Waals surface area contributed by atoms with Gasteiger partial charge < -0.3 is 16.0 Å². The molecule has 0 aliphatic carbocycles. The molecule has 1 aliphatic rings. The van der Waals surface area contributed by atoms with Crippen LogP contribution in [-0.4, -0.2) is 42.1 Å². The first-order valence-electron chi connectivity index (χ1n) is 4.91. The summed E-state index contributed by atoms with van der Waals surface area (Å²) in [7, 11) is 0. The van der Waals surface area contributed by atoms with Crippen molar-refractivity contribution in [3.63, 3.8) is 0 Å². The van der Waals surface area contributed by atoms with Crippen molar-refractivity contribution in [1.82, 2.24) is 15.2 Å². The van der Waals surface area contributed by atoms with E-state index in [2.05, 4.69) is 10.3 Å². The maximum Gasteiger partial charge on any atom is 0.314 e. The van der Waals surface area contributed by atoms with Gasteiger partial charge in [0.1, 0.15) is 0 Å². The first-order valence-corrected chi connectivity index (χ1v) is 4.91. The molecule has 0 spiro atoms. The van der Waals surface area contributed by atoms with E-state index in [1.165, 1.54) is 0 Å². The first kappa shape index (κ1) is 11.5. The highest BCUT2D eigenvalue weighted by molar-refractivity contribution is 5.72. The van der Waals surface area contributed by atoms with Gasteiger partial charge in [-0.2, -0.15) is 0 Å². The molecule has 2 rings (SSSR count). The van der Waals surface area contributed by atoms with E-state index >= 15 is 0 Å². The summed E-state index contributed by atoms with van der Waals surface area (Å²) < 4.78 is 0. The van der Waals surface area contributed by atoms with Gasteiger partial charge >= 0.3 is 6.03 Å². The molecule has 0 unspecified atom stereocenters. The predicted octanol–water partition coefficient (Wildman–Crippen LogP) is 0.0519. The lowest BCUT2D eigenvalue weighted by Gasteiger charge is -2.25. The fourth-order valence-electron chi connectivity index (χ4n) is 1.20. The van der Waals surface area contributed by atoms with Gasteiger partial charge in [-0.3, -0.25) is 4.98 Å². The fraction of sp³-hybridized carbons (Fsp3) is 0.400. The molecule has 3 N–H and O–H groups in total. The fourth-order valence-corrected chi connectivity index (χ4v) is 1.20. The number of carbonyl (C=O) groups is 1. The van der Waals surface area contributed by atoms with E-state index in [1.807, 2.05) is 18.2 Å². The maximum atomic E-state index is 10.5. The van der Waals surface area contributed by atoms with Gasteiger partial charge in [-0.25, -0.2) is 4.79 Å². The second-order valence-corrected chi connectivity index (χ2v) is 3.10. The van der Waals surface area contributed by atoms with Crippen molar-refractivity contribution in [3.8, 4) is 0 Å². The standard InChI is InChI=1S/C5H11N3O.C5H5N/c6-5(9)8-3-1-7-2-4-8;1-2-4-6-5-3-1/h7H,1-4H2,(H2,6,9);1-5H. The Labute approximate surface area is 89.3 Å². The lowest BCUT2D eigenvalue weighted by atomic mass is 10.4. The number of amides is 2. The number of nitrogens with one attached hydrogen (secondary N) is 1. The molecule has 2 amide bonds. The minimum Gasteiger partial charge on any atom is -0.351 e. The molecular weight excluding hydrogens is 192 g/mol. The van der Waals surface area contributed by atoms with Gasteiger partial charge in [-0.15, -0.1) is 0 Å². The van der Waals surface area contributed by atoms with Crippen LogP contribution in [0.2, 0.25) is 0 Å². The van der Waals surface area contributed by atoms with Crippen LogP contribution in [0.5, 0.6) is 0 Å². The molecule has 1 aromatic rings. The smallest absolute Gasteiger partial charge is 0.314 e. The minimum atomic E-state index is -0.309. The van der Waals surface area contributed by atoms with Crippen LogP contribution in [0.4, 0.5) is 4.79 Å². The third-order valence-corrected chi connectivity index (χ3v) is 2.00. The van der Waals surface area contributed by atoms with Crippen LogP contribution in [-0.2, 0) is 0 Å². The average molecular weight is 208 g/mol. The summed E-state index contributed by atoms with van der Waals surface area (Å²) in [4.78, 5) is 15.9. The van der Waals surface area contributed by atoms with Gasteiger partial charge in [0.05, 0.1) is 0 Å². The molecule has 1 aromatic heterocycles. The largest absolute Gasteiger partial charge is 0.351 e. The van der Waals surface area contributed by atoms with Crippen molar-refractivity contribution in [2.45, 2.75) is 0 Å². The summed E-state index contributed by atoms with van der Waals surface area (Å²) in [5.41, 5.74) is 5.03. The molecule has 5 nitrogen and oxygen atoms in total. The third-order valence-electron chi connectivity index (χ3n) is 2.00. The zero-order chi connectivity index (χ0) is 10.9. The first-order chi connectivity index (χ1) is 7.30. The Kier molecular flexibility index (Phi) is 5.18. The second-order valence-electron chi connectivity index (χ2n) is 3.10. The number of primary amides is 1. The summed E-state index contributed by atoms with van der Waals surface area (Å²) in [5, 5.41) is 3.12. The molecule has 0 atom stereocenters. The highest BCUT2D eigenvalue weighted by atomic mass is 16.2. The molecule has 2 heterocycles. The van der Waals surface area contributed by atoms with Crippen LogP contribution in [0.1, 0.15) is 0 Å². The Balaban J connectivity index is 0.000000162. The summed E-state index contributed by atoms with van der Waals surface area (Å²) in [6, 6.07) is 5.41.